The molecule has 11 heteroatoms. The maximum absolute atomic E-state index is 13.6. The fourth-order valence-electron chi connectivity index (χ4n) is 8.60. The Morgan fingerprint density at radius 3 is 2.35 bits per heavy atom. The molecule has 3 aliphatic carbocycles. The van der Waals surface area contributed by atoms with Gasteiger partial charge in [-0.05, 0) is 18.9 Å². The molecule has 2 heterocycles. The molecule has 13 atom stereocenters. The summed E-state index contributed by atoms with van der Waals surface area (Å²) >= 11 is 0. The highest BCUT2D eigenvalue weighted by molar-refractivity contribution is 5.93. The molecular weight excluding hydrogens is 524 g/mol. The highest BCUT2D eigenvalue weighted by atomic mass is 16.9. The van der Waals surface area contributed by atoms with Crippen molar-refractivity contribution in [2.45, 2.75) is 86.9 Å². The van der Waals surface area contributed by atoms with Gasteiger partial charge in [-0.1, -0.05) is 50.8 Å². The summed E-state index contributed by atoms with van der Waals surface area (Å²) in [6, 6.07) is 8.68. The van der Waals surface area contributed by atoms with E-state index in [1.807, 2.05) is 0 Å². The number of rotatable bonds is 4. The third-order valence-corrected chi connectivity index (χ3v) is 10.3. The smallest absolute Gasteiger partial charge is 0.314 e. The molecule has 6 rings (SSSR count). The van der Waals surface area contributed by atoms with Crippen molar-refractivity contribution in [1.82, 2.24) is 0 Å². The lowest BCUT2D eigenvalue weighted by Crippen LogP contribution is -2.77. The van der Waals surface area contributed by atoms with Gasteiger partial charge in [-0.2, -0.15) is 0 Å². The highest BCUT2D eigenvalue weighted by Gasteiger charge is 2.87. The van der Waals surface area contributed by atoms with Gasteiger partial charge in [0.15, 0.2) is 17.0 Å². The Morgan fingerprint density at radius 2 is 1.77 bits per heavy atom. The van der Waals surface area contributed by atoms with E-state index in [2.05, 4.69) is 6.58 Å². The minimum Gasteiger partial charge on any atom is -0.459 e. The van der Waals surface area contributed by atoms with E-state index in [1.165, 1.54) is 6.92 Å². The zero-order valence-corrected chi connectivity index (χ0v) is 22.8. The molecule has 40 heavy (non-hydrogen) atoms. The van der Waals surface area contributed by atoms with Gasteiger partial charge in [0, 0.05) is 36.2 Å². The fourth-order valence-corrected chi connectivity index (χ4v) is 8.60. The van der Waals surface area contributed by atoms with Crippen LogP contribution in [0.3, 0.4) is 0 Å². The van der Waals surface area contributed by atoms with Gasteiger partial charge in [0.05, 0.1) is 18.3 Å². The molecule has 5 N–H and O–H groups in total. The first-order valence-electron chi connectivity index (χ1n) is 13.6. The van der Waals surface area contributed by atoms with Gasteiger partial charge < -0.3 is 44.5 Å². The molecule has 2 aliphatic heterocycles. The molecule has 0 unspecified atom stereocenters. The van der Waals surface area contributed by atoms with Crippen LogP contribution in [0.1, 0.15) is 39.7 Å². The van der Waals surface area contributed by atoms with E-state index in [0.29, 0.717) is 11.1 Å². The van der Waals surface area contributed by atoms with Crippen LogP contribution in [-0.2, 0) is 34.5 Å². The van der Waals surface area contributed by atoms with Crippen LogP contribution in [0.5, 0.6) is 0 Å². The normalized spacial score (nSPS) is 52.6. The summed E-state index contributed by atoms with van der Waals surface area (Å²) in [5.74, 6) is -7.54. The van der Waals surface area contributed by atoms with Crippen molar-refractivity contribution in [2.75, 3.05) is 6.61 Å². The van der Waals surface area contributed by atoms with Gasteiger partial charge in [-0.3, -0.25) is 9.59 Å². The monoisotopic (exact) mass is 560 g/mol. The molecule has 3 bridgehead atoms. The number of fused-ring (bicyclic) bond motifs is 2. The van der Waals surface area contributed by atoms with Crippen LogP contribution in [0.15, 0.2) is 42.5 Å². The summed E-state index contributed by atoms with van der Waals surface area (Å²) in [7, 11) is 0. The van der Waals surface area contributed by atoms with E-state index in [1.54, 1.807) is 51.1 Å². The number of Topliss-reactive ketones (excluding diaryl/α,β-unsaturated/α-hetero) is 1. The molecule has 5 aliphatic rings. The summed E-state index contributed by atoms with van der Waals surface area (Å²) in [5.41, 5.74) is -7.98. The quantitative estimate of drug-likeness (QED) is 0.246. The first kappa shape index (κ1) is 27.9. The average Bonchev–Trinajstić information content (AvgIpc) is 3.31. The molecule has 0 amide bonds. The Bertz CT molecular complexity index is 1270. The van der Waals surface area contributed by atoms with Gasteiger partial charge in [-0.25, -0.2) is 0 Å². The number of ether oxygens (including phenoxy) is 4. The Morgan fingerprint density at radius 1 is 1.12 bits per heavy atom. The summed E-state index contributed by atoms with van der Waals surface area (Å²) in [4.78, 5) is 26.2. The van der Waals surface area contributed by atoms with E-state index < -0.39 is 94.8 Å². The van der Waals surface area contributed by atoms with Crippen LogP contribution >= 0.6 is 0 Å². The molecule has 5 fully saturated rings. The third-order valence-electron chi connectivity index (χ3n) is 10.3. The van der Waals surface area contributed by atoms with Crippen molar-refractivity contribution in [1.29, 1.82) is 0 Å². The average molecular weight is 561 g/mol. The molecular formula is C29H36O11. The molecule has 218 valence electrons. The Hall–Kier alpha value is -2.22. The molecule has 11 nitrogen and oxygen atoms in total. The van der Waals surface area contributed by atoms with Gasteiger partial charge in [0.2, 0.25) is 0 Å². The Balaban J connectivity index is 1.72. The maximum Gasteiger partial charge on any atom is 0.314 e. The molecule has 3 saturated carbocycles. The molecule has 0 aromatic heterocycles. The lowest BCUT2D eigenvalue weighted by molar-refractivity contribution is -0.446. The van der Waals surface area contributed by atoms with E-state index in [4.69, 9.17) is 18.9 Å². The van der Waals surface area contributed by atoms with E-state index >= 15 is 0 Å². The van der Waals surface area contributed by atoms with Crippen molar-refractivity contribution in [3.63, 3.8) is 0 Å². The topological polar surface area (TPSA) is 172 Å². The summed E-state index contributed by atoms with van der Waals surface area (Å²) < 4.78 is 26.1. The van der Waals surface area contributed by atoms with Gasteiger partial charge in [-0.15, -0.1) is 0 Å². The number of carbonyl (C=O) groups excluding carboxylic acids is 2. The van der Waals surface area contributed by atoms with E-state index in [9.17, 15) is 35.1 Å². The van der Waals surface area contributed by atoms with Crippen molar-refractivity contribution in [3.8, 4) is 0 Å². The first-order chi connectivity index (χ1) is 18.7. The molecule has 1 aromatic rings. The lowest BCUT2D eigenvalue weighted by Gasteiger charge is -2.62. The number of aliphatic hydroxyl groups excluding tert-OH is 3. The SMILES string of the molecule is C=C(C)[C@@]12O[C@@]3(c4ccccc4)O[C@@H]1[C@@H]1[C@@H](O)[C@@](O)(CO)[C@@H](O)[C@]4(O)C(=O)[C@H](C)C[C@H]4[C@@]1(O3)[C@H](C)[C@H]2OC(C)=O. The standard InChI is InChI=1S/C29H36O11/c1-13(2)27-22(37-16(5)31)15(4)28-18-11-14(3)20(32)26(18,36)24(34)25(35,12-30)21(33)19(28)23(27)38-29(39-27,40-28)17-9-7-6-8-10-17/h6-10,14-15,18-19,21-24,30,33-36H,1,11-12H2,2-5H3/t14-,15-,18-,19+,21-,22-,23-,24-,25+,26-,27+,28+,29-/m1/s1. The molecule has 2 saturated heterocycles. The van der Waals surface area contributed by atoms with Crippen LogP contribution in [-0.4, -0.2) is 90.7 Å². The number of hydrogen-bond acceptors (Lipinski definition) is 11. The largest absolute Gasteiger partial charge is 0.459 e. The Kier molecular flexibility index (Phi) is 5.88. The van der Waals surface area contributed by atoms with Gasteiger partial charge in [0.25, 0.3) is 0 Å². The molecule has 0 radical (unpaired) electrons. The first-order valence-corrected chi connectivity index (χ1v) is 13.6. The minimum absolute atomic E-state index is 0.00587. The number of ketones is 1. The van der Waals surface area contributed by atoms with E-state index in [-0.39, 0.29) is 6.42 Å². The molecule has 0 spiro atoms. The number of carbonyl (C=O) groups is 2. The van der Waals surface area contributed by atoms with Crippen molar-refractivity contribution >= 4 is 11.8 Å². The van der Waals surface area contributed by atoms with Crippen LogP contribution in [0.25, 0.3) is 0 Å². The zero-order valence-electron chi connectivity index (χ0n) is 22.8. The second-order valence-electron chi connectivity index (χ2n) is 12.3. The minimum atomic E-state index is -2.75. The second-order valence-corrected chi connectivity index (χ2v) is 12.3. The van der Waals surface area contributed by atoms with Gasteiger partial charge >= 0.3 is 11.9 Å². The summed E-state index contributed by atoms with van der Waals surface area (Å²) in [5, 5.41) is 57.7. The van der Waals surface area contributed by atoms with Crippen LogP contribution in [0.4, 0.5) is 0 Å². The molecule has 1 aromatic carbocycles. The van der Waals surface area contributed by atoms with Crippen molar-refractivity contribution in [2.24, 2.45) is 23.7 Å². The number of benzene rings is 1. The van der Waals surface area contributed by atoms with Crippen molar-refractivity contribution in [3.05, 3.63) is 48.0 Å². The maximum atomic E-state index is 13.6. The fraction of sp³-hybridized carbons (Fsp3) is 0.655. The van der Waals surface area contributed by atoms with Crippen LogP contribution in [0, 0.1) is 23.7 Å². The lowest BCUT2D eigenvalue weighted by atomic mass is 9.52. The van der Waals surface area contributed by atoms with E-state index in [0.717, 1.165) is 0 Å². The predicted octanol–water partition coefficient (Wildman–Crippen LogP) is -0.0912. The third kappa shape index (κ3) is 2.92. The number of esters is 1. The summed E-state index contributed by atoms with van der Waals surface area (Å²) in [6.07, 6.45) is -6.60. The van der Waals surface area contributed by atoms with Gasteiger partial charge in [0.1, 0.15) is 23.9 Å². The second kappa shape index (κ2) is 8.42. The van der Waals surface area contributed by atoms with Crippen molar-refractivity contribution < 1.29 is 54.1 Å². The Labute approximate surface area is 231 Å². The predicted molar refractivity (Wildman–Crippen MR) is 135 cm³/mol. The van der Waals surface area contributed by atoms with Crippen LogP contribution < -0.4 is 0 Å². The van der Waals surface area contributed by atoms with Crippen LogP contribution in [0.2, 0.25) is 0 Å². The highest BCUT2D eigenvalue weighted by Crippen LogP contribution is 2.72. The zero-order chi connectivity index (χ0) is 29.2. The number of hydrogen-bond donors (Lipinski definition) is 5. The summed E-state index contributed by atoms with van der Waals surface area (Å²) in [6.45, 7) is 9.14. The number of aliphatic hydroxyl groups is 5.